The molecule has 0 amide bonds. The molecule has 106 valence electrons. The molecule has 20 heavy (non-hydrogen) atoms. The number of nitrogens with one attached hydrogen (secondary N) is 1. The van der Waals surface area contributed by atoms with Crippen LogP contribution in [0.5, 0.6) is 11.5 Å². The topological polar surface area (TPSA) is 50.7 Å². The summed E-state index contributed by atoms with van der Waals surface area (Å²) in [6.07, 6.45) is 0. The van der Waals surface area contributed by atoms with Gasteiger partial charge >= 0.3 is 0 Å². The smallest absolute Gasteiger partial charge is 0.141 e. The van der Waals surface area contributed by atoms with Gasteiger partial charge in [-0.1, -0.05) is 24.3 Å². The summed E-state index contributed by atoms with van der Waals surface area (Å²) in [7, 11) is 3.26. The highest BCUT2D eigenvalue weighted by atomic mass is 16.5. The molecule has 0 saturated heterocycles. The second-order valence-corrected chi connectivity index (χ2v) is 4.35. The minimum atomic E-state index is -0.197. The summed E-state index contributed by atoms with van der Waals surface area (Å²) in [5.41, 5.74) is 1.84. The first kappa shape index (κ1) is 14.2. The number of hydrogen-bond donors (Lipinski definition) is 2. The van der Waals surface area contributed by atoms with E-state index in [4.69, 9.17) is 9.47 Å². The molecule has 4 heteroatoms. The van der Waals surface area contributed by atoms with Gasteiger partial charge in [0, 0.05) is 0 Å². The van der Waals surface area contributed by atoms with E-state index in [1.807, 2.05) is 48.5 Å². The summed E-state index contributed by atoms with van der Waals surface area (Å²) in [6.45, 7) is -0.00955. The lowest BCUT2D eigenvalue weighted by atomic mass is 10.1. The van der Waals surface area contributed by atoms with Crippen molar-refractivity contribution < 1.29 is 14.6 Å². The highest BCUT2D eigenvalue weighted by molar-refractivity contribution is 5.57. The van der Waals surface area contributed by atoms with Crippen molar-refractivity contribution in [2.24, 2.45) is 0 Å². The van der Waals surface area contributed by atoms with Gasteiger partial charge in [-0.15, -0.1) is 0 Å². The highest BCUT2D eigenvalue weighted by Crippen LogP contribution is 2.28. The van der Waals surface area contributed by atoms with Gasteiger partial charge in [0.25, 0.3) is 0 Å². The zero-order valence-electron chi connectivity index (χ0n) is 11.7. The fourth-order valence-corrected chi connectivity index (χ4v) is 2.02. The van der Waals surface area contributed by atoms with E-state index < -0.39 is 0 Å². The molecule has 0 aliphatic carbocycles. The van der Waals surface area contributed by atoms with Crippen molar-refractivity contribution in [1.82, 2.24) is 0 Å². The summed E-state index contributed by atoms with van der Waals surface area (Å²) in [5.74, 6) is 1.54. The summed E-state index contributed by atoms with van der Waals surface area (Å²) in [4.78, 5) is 0. The molecule has 4 nitrogen and oxygen atoms in total. The lowest BCUT2D eigenvalue weighted by Crippen LogP contribution is -2.15. The van der Waals surface area contributed by atoms with Gasteiger partial charge in [0.05, 0.1) is 32.6 Å². The van der Waals surface area contributed by atoms with Crippen molar-refractivity contribution in [3.63, 3.8) is 0 Å². The Morgan fingerprint density at radius 2 is 1.70 bits per heavy atom. The van der Waals surface area contributed by atoms with Crippen molar-refractivity contribution in [3.05, 3.63) is 54.1 Å². The van der Waals surface area contributed by atoms with Crippen LogP contribution in [-0.2, 0) is 0 Å². The zero-order chi connectivity index (χ0) is 14.4. The van der Waals surface area contributed by atoms with Crippen LogP contribution in [-0.4, -0.2) is 25.9 Å². The van der Waals surface area contributed by atoms with Crippen LogP contribution < -0.4 is 14.8 Å². The molecule has 0 fully saturated rings. The molecule has 1 atom stereocenters. The van der Waals surface area contributed by atoms with Crippen molar-refractivity contribution >= 4 is 5.69 Å². The number of hydrogen-bond acceptors (Lipinski definition) is 4. The predicted octanol–water partition coefficient (Wildman–Crippen LogP) is 2.85. The lowest BCUT2D eigenvalue weighted by molar-refractivity contribution is 0.276. The van der Waals surface area contributed by atoms with Gasteiger partial charge in [0.2, 0.25) is 0 Å². The second-order valence-electron chi connectivity index (χ2n) is 4.35. The van der Waals surface area contributed by atoms with E-state index in [0.29, 0.717) is 0 Å². The molecule has 2 N–H and O–H groups in total. The molecule has 2 rings (SSSR count). The Hall–Kier alpha value is -2.20. The average Bonchev–Trinajstić information content (AvgIpc) is 2.53. The third kappa shape index (κ3) is 3.22. The molecule has 0 spiro atoms. The Labute approximate surface area is 119 Å². The van der Waals surface area contributed by atoms with Crippen molar-refractivity contribution in [2.75, 3.05) is 26.1 Å². The fourth-order valence-electron chi connectivity index (χ4n) is 2.02. The van der Waals surface area contributed by atoms with Crippen molar-refractivity contribution in [1.29, 1.82) is 0 Å². The highest BCUT2D eigenvalue weighted by Gasteiger charge is 2.12. The summed E-state index contributed by atoms with van der Waals surface area (Å²) in [5, 5.41) is 12.9. The standard InChI is InChI=1S/C16H19NO3/c1-19-13-9-7-12(8-10-13)15(11-18)17-14-5-3-4-6-16(14)20-2/h3-10,15,17-18H,11H2,1-2H3. The van der Waals surface area contributed by atoms with E-state index in [2.05, 4.69) is 5.32 Å². The maximum absolute atomic E-state index is 9.60. The number of rotatable bonds is 6. The Balaban J connectivity index is 2.19. The van der Waals surface area contributed by atoms with Gasteiger partial charge in [-0.3, -0.25) is 0 Å². The van der Waals surface area contributed by atoms with Crippen molar-refractivity contribution in [2.45, 2.75) is 6.04 Å². The maximum Gasteiger partial charge on any atom is 0.141 e. The third-order valence-electron chi connectivity index (χ3n) is 3.14. The van der Waals surface area contributed by atoms with E-state index in [-0.39, 0.29) is 12.6 Å². The van der Waals surface area contributed by atoms with Crippen LogP contribution in [0.4, 0.5) is 5.69 Å². The van der Waals surface area contributed by atoms with Crippen LogP contribution in [0.3, 0.4) is 0 Å². The lowest BCUT2D eigenvalue weighted by Gasteiger charge is -2.20. The molecule has 0 saturated carbocycles. The number of para-hydroxylation sites is 2. The Kier molecular flexibility index (Phi) is 4.85. The third-order valence-corrected chi connectivity index (χ3v) is 3.14. The van der Waals surface area contributed by atoms with Crippen molar-refractivity contribution in [3.8, 4) is 11.5 Å². The summed E-state index contributed by atoms with van der Waals surface area (Å²) in [6, 6.07) is 15.1. The Bertz CT molecular complexity index is 540. The van der Waals surface area contributed by atoms with Gasteiger partial charge in [0.15, 0.2) is 0 Å². The molecule has 0 heterocycles. The van der Waals surface area contributed by atoms with Gasteiger partial charge < -0.3 is 19.9 Å². The number of methoxy groups -OCH3 is 2. The largest absolute Gasteiger partial charge is 0.497 e. The van der Waals surface area contributed by atoms with Gasteiger partial charge in [-0.2, -0.15) is 0 Å². The van der Waals surface area contributed by atoms with Crippen LogP contribution in [0.1, 0.15) is 11.6 Å². The zero-order valence-corrected chi connectivity index (χ0v) is 11.7. The van der Waals surface area contributed by atoms with E-state index in [0.717, 1.165) is 22.7 Å². The molecule has 0 aliphatic heterocycles. The number of aliphatic hydroxyl groups is 1. The molecule has 0 radical (unpaired) electrons. The first-order valence-electron chi connectivity index (χ1n) is 6.43. The SMILES string of the molecule is COc1ccc(C(CO)Nc2ccccc2OC)cc1. The van der Waals surface area contributed by atoms with Gasteiger partial charge in [-0.25, -0.2) is 0 Å². The van der Waals surface area contributed by atoms with Gasteiger partial charge in [-0.05, 0) is 29.8 Å². The molecule has 0 aromatic heterocycles. The second kappa shape index (κ2) is 6.82. The van der Waals surface area contributed by atoms with Gasteiger partial charge in [0.1, 0.15) is 11.5 Å². The molecular formula is C16H19NO3. The molecule has 1 unspecified atom stereocenters. The van der Waals surface area contributed by atoms with E-state index >= 15 is 0 Å². The molecular weight excluding hydrogens is 254 g/mol. The van der Waals surface area contributed by atoms with Crippen LogP contribution in [0.2, 0.25) is 0 Å². The Morgan fingerprint density at radius 1 is 1.00 bits per heavy atom. The first-order valence-corrected chi connectivity index (χ1v) is 6.43. The van der Waals surface area contributed by atoms with E-state index in [1.165, 1.54) is 0 Å². The molecule has 0 aliphatic rings. The number of anilines is 1. The predicted molar refractivity (Wildman–Crippen MR) is 79.4 cm³/mol. The quantitative estimate of drug-likeness (QED) is 0.849. The molecule has 2 aromatic carbocycles. The minimum Gasteiger partial charge on any atom is -0.497 e. The maximum atomic E-state index is 9.60. The monoisotopic (exact) mass is 273 g/mol. The van der Waals surface area contributed by atoms with Crippen LogP contribution >= 0.6 is 0 Å². The number of benzene rings is 2. The molecule has 2 aromatic rings. The fraction of sp³-hybridized carbons (Fsp3) is 0.250. The van der Waals surface area contributed by atoms with Crippen LogP contribution in [0.25, 0.3) is 0 Å². The summed E-state index contributed by atoms with van der Waals surface area (Å²) >= 11 is 0. The minimum absolute atomic E-state index is 0.00955. The van der Waals surface area contributed by atoms with Crippen LogP contribution in [0.15, 0.2) is 48.5 Å². The Morgan fingerprint density at radius 3 is 2.30 bits per heavy atom. The average molecular weight is 273 g/mol. The summed E-state index contributed by atoms with van der Waals surface area (Å²) < 4.78 is 10.4. The first-order chi connectivity index (χ1) is 9.78. The normalized spacial score (nSPS) is 11.8. The molecule has 0 bridgehead atoms. The van der Waals surface area contributed by atoms with E-state index in [9.17, 15) is 5.11 Å². The number of ether oxygens (including phenoxy) is 2. The number of aliphatic hydroxyl groups excluding tert-OH is 1. The van der Waals surface area contributed by atoms with Crippen LogP contribution in [0, 0.1) is 0 Å². The van der Waals surface area contributed by atoms with E-state index in [1.54, 1.807) is 14.2 Å².